The third-order valence-electron chi connectivity index (χ3n) is 12.6. The van der Waals surface area contributed by atoms with Gasteiger partial charge in [-0.15, -0.1) is 0 Å². The molecule has 3 nitrogen and oxygen atoms in total. The SMILES string of the molecule is Cc1cccc2c3c([Si](c4ccccc4)(c4ccccc4)c4ccc(-n5c6ccccc6c6ccc7c8ccccc8oc7c65)cc4)cccc3n(-c3ccccc3)c12. The van der Waals surface area contributed by atoms with Crippen molar-refractivity contribution in [2.45, 2.75) is 6.92 Å². The highest BCUT2D eigenvalue weighted by atomic mass is 28.3. The van der Waals surface area contributed by atoms with Crippen molar-refractivity contribution in [2.75, 3.05) is 0 Å². The van der Waals surface area contributed by atoms with Crippen LogP contribution in [-0.2, 0) is 0 Å². The molecule has 0 radical (unpaired) electrons. The molecule has 0 atom stereocenters. The number of aryl methyl sites for hydroxylation is 1. The zero-order chi connectivity index (χ0) is 39.1. The van der Waals surface area contributed by atoms with Crippen LogP contribution >= 0.6 is 0 Å². The summed E-state index contributed by atoms with van der Waals surface area (Å²) >= 11 is 0. The number of benzene rings is 9. The molecule has 12 aromatic rings. The van der Waals surface area contributed by atoms with Gasteiger partial charge in [-0.3, -0.25) is 0 Å². The summed E-state index contributed by atoms with van der Waals surface area (Å²) in [5.41, 5.74) is 10.1. The lowest BCUT2D eigenvalue weighted by molar-refractivity contribution is 0.671. The molecular weight excluding hydrogens is 733 g/mol. The summed E-state index contributed by atoms with van der Waals surface area (Å²) in [5, 5.41) is 12.7. The molecule has 0 aliphatic carbocycles. The maximum atomic E-state index is 6.71. The fourth-order valence-corrected chi connectivity index (χ4v) is 15.1. The molecule has 0 aliphatic heterocycles. The largest absolute Gasteiger partial charge is 0.454 e. The predicted molar refractivity (Wildman–Crippen MR) is 251 cm³/mol. The van der Waals surface area contributed by atoms with Crippen LogP contribution in [0.5, 0.6) is 0 Å². The molecular formula is C55H38N2OSi. The van der Waals surface area contributed by atoms with E-state index in [1.165, 1.54) is 64.6 Å². The first-order valence-electron chi connectivity index (χ1n) is 20.4. The molecule has 0 aliphatic rings. The van der Waals surface area contributed by atoms with Gasteiger partial charge in [-0.05, 0) is 81.8 Å². The zero-order valence-electron chi connectivity index (χ0n) is 32.5. The fourth-order valence-electron chi connectivity index (χ4n) is 10.1. The highest BCUT2D eigenvalue weighted by Crippen LogP contribution is 2.40. The summed E-state index contributed by atoms with van der Waals surface area (Å²) in [6.45, 7) is 2.24. The number of fused-ring (bicyclic) bond motifs is 10. The van der Waals surface area contributed by atoms with E-state index in [4.69, 9.17) is 4.42 Å². The van der Waals surface area contributed by atoms with Gasteiger partial charge < -0.3 is 13.6 Å². The van der Waals surface area contributed by atoms with Crippen LogP contribution in [0.15, 0.2) is 217 Å². The lowest BCUT2D eigenvalue weighted by atomic mass is 10.1. The van der Waals surface area contributed by atoms with E-state index in [9.17, 15) is 0 Å². The van der Waals surface area contributed by atoms with Gasteiger partial charge in [0.25, 0.3) is 0 Å². The molecule has 0 N–H and O–H groups in total. The van der Waals surface area contributed by atoms with Gasteiger partial charge in [0.05, 0.1) is 22.1 Å². The van der Waals surface area contributed by atoms with E-state index in [1.54, 1.807) is 0 Å². The van der Waals surface area contributed by atoms with Gasteiger partial charge in [0.1, 0.15) is 5.58 Å². The van der Waals surface area contributed by atoms with Crippen LogP contribution in [0.2, 0.25) is 0 Å². The molecule has 278 valence electrons. The van der Waals surface area contributed by atoms with Gasteiger partial charge in [0.2, 0.25) is 0 Å². The van der Waals surface area contributed by atoms with E-state index in [-0.39, 0.29) is 0 Å². The van der Waals surface area contributed by atoms with Crippen molar-refractivity contribution in [1.82, 2.24) is 9.13 Å². The Hall–Kier alpha value is -7.40. The van der Waals surface area contributed by atoms with Crippen molar-refractivity contribution in [1.29, 1.82) is 0 Å². The Balaban J connectivity index is 1.18. The molecule has 3 heterocycles. The average Bonchev–Trinajstić information content (AvgIpc) is 3.97. The first-order chi connectivity index (χ1) is 29.2. The van der Waals surface area contributed by atoms with Crippen molar-refractivity contribution in [3.05, 3.63) is 218 Å². The molecule has 0 saturated carbocycles. The van der Waals surface area contributed by atoms with Crippen molar-refractivity contribution in [3.8, 4) is 11.4 Å². The summed E-state index contributed by atoms with van der Waals surface area (Å²) in [5.74, 6) is 0. The van der Waals surface area contributed by atoms with Crippen LogP contribution in [-0.4, -0.2) is 17.2 Å². The van der Waals surface area contributed by atoms with Crippen LogP contribution in [0.25, 0.3) is 76.9 Å². The van der Waals surface area contributed by atoms with Gasteiger partial charge in [-0.25, -0.2) is 0 Å². The normalized spacial score (nSPS) is 12.2. The lowest BCUT2D eigenvalue weighted by Gasteiger charge is -2.35. The first-order valence-corrected chi connectivity index (χ1v) is 22.4. The third-order valence-corrected chi connectivity index (χ3v) is 17.4. The number of hydrogen-bond acceptors (Lipinski definition) is 1. The summed E-state index contributed by atoms with van der Waals surface area (Å²) in [4.78, 5) is 0. The fraction of sp³-hybridized carbons (Fsp3) is 0.0182. The highest BCUT2D eigenvalue weighted by Gasteiger charge is 2.43. The van der Waals surface area contributed by atoms with Gasteiger partial charge in [-0.1, -0.05) is 164 Å². The minimum absolute atomic E-state index is 0.904. The van der Waals surface area contributed by atoms with Crippen molar-refractivity contribution >= 4 is 94.4 Å². The average molecular weight is 771 g/mol. The van der Waals surface area contributed by atoms with Crippen LogP contribution in [0.4, 0.5) is 0 Å². The Morgan fingerprint density at radius 2 is 0.915 bits per heavy atom. The van der Waals surface area contributed by atoms with E-state index in [0.29, 0.717) is 0 Å². The summed E-state index contributed by atoms with van der Waals surface area (Å²) in [6.07, 6.45) is 0. The topological polar surface area (TPSA) is 23.0 Å². The molecule has 12 rings (SSSR count). The molecule has 0 unspecified atom stereocenters. The van der Waals surface area contributed by atoms with Crippen molar-refractivity contribution < 1.29 is 4.42 Å². The molecule has 0 fully saturated rings. The Labute approximate surface area is 342 Å². The Kier molecular flexibility index (Phi) is 7.47. The quantitative estimate of drug-likeness (QED) is 0.122. The Morgan fingerprint density at radius 3 is 1.66 bits per heavy atom. The molecule has 9 aromatic carbocycles. The zero-order valence-corrected chi connectivity index (χ0v) is 33.5. The van der Waals surface area contributed by atoms with Crippen LogP contribution in [0, 0.1) is 6.92 Å². The van der Waals surface area contributed by atoms with Gasteiger partial charge in [0, 0.05) is 43.7 Å². The molecule has 59 heavy (non-hydrogen) atoms. The standard InChI is InChI=1S/C55H38N2OSi/c1-37-17-15-26-47-52-49(57(53(37)47)38-18-5-2-6-19-38)28-16-30-51(52)59(40-20-7-3-8-21-40,41-22-9-4-10-23-41)42-33-31-39(32-34-42)56-48-27-13-11-24-43(48)45-35-36-46-44-25-12-14-29-50(44)58-55(46)54(45)56/h2-36H,1H3. The minimum atomic E-state index is -3.01. The monoisotopic (exact) mass is 770 g/mol. The highest BCUT2D eigenvalue weighted by molar-refractivity contribution is 7.20. The third kappa shape index (κ3) is 4.81. The van der Waals surface area contributed by atoms with Crippen molar-refractivity contribution in [2.24, 2.45) is 0 Å². The number of hydrogen-bond donors (Lipinski definition) is 0. The molecule has 0 amide bonds. The van der Waals surface area contributed by atoms with Crippen LogP contribution < -0.4 is 20.7 Å². The maximum absolute atomic E-state index is 6.71. The second-order valence-electron chi connectivity index (χ2n) is 15.7. The molecule has 4 heteroatoms. The summed E-state index contributed by atoms with van der Waals surface area (Å²) in [7, 11) is -3.01. The van der Waals surface area contributed by atoms with E-state index >= 15 is 0 Å². The predicted octanol–water partition coefficient (Wildman–Crippen LogP) is 11.5. The molecule has 0 bridgehead atoms. The van der Waals surface area contributed by atoms with E-state index < -0.39 is 8.07 Å². The van der Waals surface area contributed by atoms with E-state index in [1.807, 2.05) is 6.07 Å². The van der Waals surface area contributed by atoms with E-state index in [0.717, 1.165) is 38.7 Å². The van der Waals surface area contributed by atoms with Gasteiger partial charge >= 0.3 is 0 Å². The van der Waals surface area contributed by atoms with Crippen LogP contribution in [0.3, 0.4) is 0 Å². The van der Waals surface area contributed by atoms with Gasteiger partial charge in [-0.2, -0.15) is 0 Å². The maximum Gasteiger partial charge on any atom is 0.180 e. The Morgan fingerprint density at radius 1 is 0.373 bits per heavy atom. The number of nitrogens with zero attached hydrogens (tertiary/aromatic N) is 2. The van der Waals surface area contributed by atoms with Gasteiger partial charge in [0.15, 0.2) is 13.7 Å². The lowest BCUT2D eigenvalue weighted by Crippen LogP contribution is -2.74. The second kappa shape index (κ2) is 13.1. The van der Waals surface area contributed by atoms with Crippen LogP contribution in [0.1, 0.15) is 5.56 Å². The number of para-hydroxylation sites is 4. The second-order valence-corrected chi connectivity index (χ2v) is 19.4. The minimum Gasteiger partial charge on any atom is -0.454 e. The number of rotatable bonds is 6. The smallest absolute Gasteiger partial charge is 0.180 e. The summed E-state index contributed by atoms with van der Waals surface area (Å²) in [6, 6.07) is 78.3. The summed E-state index contributed by atoms with van der Waals surface area (Å²) < 4.78 is 11.6. The van der Waals surface area contributed by atoms with E-state index in [2.05, 4.69) is 222 Å². The first kappa shape index (κ1) is 33.7. The number of furan rings is 1. The Bertz CT molecular complexity index is 3500. The number of aromatic nitrogens is 2. The molecule has 3 aromatic heterocycles. The molecule has 0 spiro atoms. The molecule has 0 saturated heterocycles. The van der Waals surface area contributed by atoms with Crippen molar-refractivity contribution in [3.63, 3.8) is 0 Å².